The lowest BCUT2D eigenvalue weighted by Crippen LogP contribution is -2.38. The zero-order chi connectivity index (χ0) is 21.3. The zero-order valence-electron chi connectivity index (χ0n) is 17.0. The number of carbonyl (C=O) groups excluding carboxylic acids is 1. The van der Waals surface area contributed by atoms with Crippen molar-refractivity contribution >= 4 is 16.8 Å². The summed E-state index contributed by atoms with van der Waals surface area (Å²) in [6, 6.07) is 16.4. The maximum Gasteiger partial charge on any atom is 0.276 e. The molecule has 0 fully saturated rings. The third kappa shape index (κ3) is 3.74. The van der Waals surface area contributed by atoms with Crippen LogP contribution in [-0.4, -0.2) is 31.8 Å². The van der Waals surface area contributed by atoms with Gasteiger partial charge in [0.2, 0.25) is 5.89 Å². The molecule has 2 heterocycles. The van der Waals surface area contributed by atoms with Crippen LogP contribution in [0.4, 0.5) is 0 Å². The van der Waals surface area contributed by atoms with E-state index in [0.29, 0.717) is 28.4 Å². The second-order valence-electron chi connectivity index (χ2n) is 7.35. The molecule has 0 atom stereocenters. The molecular weight excluding hydrogens is 380 g/mol. The zero-order valence-corrected chi connectivity index (χ0v) is 17.0. The van der Waals surface area contributed by atoms with Gasteiger partial charge in [0.25, 0.3) is 11.5 Å². The number of para-hydroxylation sites is 1. The van der Waals surface area contributed by atoms with Crippen LogP contribution in [0, 0.1) is 6.92 Å². The molecule has 30 heavy (non-hydrogen) atoms. The van der Waals surface area contributed by atoms with Crippen LogP contribution in [0.1, 0.15) is 35.9 Å². The molecule has 1 amide bonds. The second-order valence-corrected chi connectivity index (χ2v) is 7.35. The number of hydrogen-bond donors (Lipinski definition) is 1. The van der Waals surface area contributed by atoms with E-state index >= 15 is 0 Å². The van der Waals surface area contributed by atoms with Gasteiger partial charge >= 0.3 is 0 Å². The van der Waals surface area contributed by atoms with E-state index < -0.39 is 0 Å². The second kappa shape index (κ2) is 7.94. The van der Waals surface area contributed by atoms with Gasteiger partial charge < -0.3 is 14.3 Å². The SMILES string of the molecule is Cc1oc(-c2ccccc2)nc1C(=O)N(Cc1nc2ccccc2c(=O)[nH]1)C(C)C. The number of amides is 1. The standard InChI is InChI=1S/C23H22N4O3/c1-14(2)27(13-19-24-18-12-8-7-11-17(18)21(28)25-19)23(29)20-15(3)30-22(26-20)16-9-5-4-6-10-16/h4-12,14H,13H2,1-3H3,(H,24,25,28). The van der Waals surface area contributed by atoms with Crippen LogP contribution < -0.4 is 5.56 Å². The summed E-state index contributed by atoms with van der Waals surface area (Å²) < 4.78 is 5.75. The van der Waals surface area contributed by atoms with Gasteiger partial charge in [-0.25, -0.2) is 9.97 Å². The maximum absolute atomic E-state index is 13.3. The Morgan fingerprint density at radius 1 is 1.07 bits per heavy atom. The molecular formula is C23H22N4O3. The fourth-order valence-corrected chi connectivity index (χ4v) is 3.30. The van der Waals surface area contributed by atoms with E-state index in [0.717, 1.165) is 5.56 Å². The van der Waals surface area contributed by atoms with Crippen molar-refractivity contribution in [2.75, 3.05) is 0 Å². The minimum atomic E-state index is -0.274. The van der Waals surface area contributed by atoms with Crippen LogP contribution in [0.25, 0.3) is 22.4 Å². The number of aromatic nitrogens is 3. The normalized spacial score (nSPS) is 11.2. The van der Waals surface area contributed by atoms with Crippen molar-refractivity contribution in [3.05, 3.63) is 82.2 Å². The Morgan fingerprint density at radius 2 is 1.77 bits per heavy atom. The summed E-state index contributed by atoms with van der Waals surface area (Å²) >= 11 is 0. The van der Waals surface area contributed by atoms with Crippen molar-refractivity contribution in [2.24, 2.45) is 0 Å². The minimum Gasteiger partial charge on any atom is -0.441 e. The highest BCUT2D eigenvalue weighted by Gasteiger charge is 2.26. The lowest BCUT2D eigenvalue weighted by molar-refractivity contribution is 0.0678. The largest absolute Gasteiger partial charge is 0.441 e. The first kappa shape index (κ1) is 19.6. The quantitative estimate of drug-likeness (QED) is 0.546. The average Bonchev–Trinajstić information content (AvgIpc) is 3.14. The highest BCUT2D eigenvalue weighted by atomic mass is 16.4. The number of H-pyrrole nitrogens is 1. The molecule has 2 aromatic heterocycles. The Bertz CT molecular complexity index is 1260. The van der Waals surface area contributed by atoms with Crippen molar-refractivity contribution < 1.29 is 9.21 Å². The van der Waals surface area contributed by atoms with Crippen molar-refractivity contribution in [1.29, 1.82) is 0 Å². The van der Waals surface area contributed by atoms with Crippen molar-refractivity contribution in [3.63, 3.8) is 0 Å². The van der Waals surface area contributed by atoms with Gasteiger partial charge in [-0.15, -0.1) is 0 Å². The summed E-state index contributed by atoms with van der Waals surface area (Å²) in [7, 11) is 0. The van der Waals surface area contributed by atoms with E-state index in [-0.39, 0.29) is 29.7 Å². The summed E-state index contributed by atoms with van der Waals surface area (Å²) in [5.41, 5.74) is 1.43. The number of aryl methyl sites for hydroxylation is 1. The van der Waals surface area contributed by atoms with E-state index in [9.17, 15) is 9.59 Å². The van der Waals surface area contributed by atoms with Crippen LogP contribution in [0.3, 0.4) is 0 Å². The van der Waals surface area contributed by atoms with E-state index in [4.69, 9.17) is 4.42 Å². The third-order valence-corrected chi connectivity index (χ3v) is 4.89. The molecule has 0 aliphatic heterocycles. The molecule has 1 N–H and O–H groups in total. The van der Waals surface area contributed by atoms with Gasteiger partial charge in [0.05, 0.1) is 17.4 Å². The van der Waals surface area contributed by atoms with Gasteiger partial charge in [0, 0.05) is 11.6 Å². The predicted octanol–water partition coefficient (Wildman–Crippen LogP) is 3.94. The number of nitrogens with zero attached hydrogens (tertiary/aromatic N) is 3. The third-order valence-electron chi connectivity index (χ3n) is 4.89. The predicted molar refractivity (Wildman–Crippen MR) is 114 cm³/mol. The Hall–Kier alpha value is -3.74. The van der Waals surface area contributed by atoms with E-state index in [1.807, 2.05) is 50.2 Å². The summed E-state index contributed by atoms with van der Waals surface area (Å²) in [6.07, 6.45) is 0. The Labute approximate surface area is 173 Å². The van der Waals surface area contributed by atoms with Crippen molar-refractivity contribution in [2.45, 2.75) is 33.4 Å². The lowest BCUT2D eigenvalue weighted by Gasteiger charge is -2.25. The first-order valence-corrected chi connectivity index (χ1v) is 9.76. The fraction of sp³-hybridized carbons (Fsp3) is 0.217. The maximum atomic E-state index is 13.3. The number of aromatic amines is 1. The number of fused-ring (bicyclic) bond motifs is 1. The molecule has 0 saturated heterocycles. The van der Waals surface area contributed by atoms with Gasteiger partial charge in [0.1, 0.15) is 11.6 Å². The monoisotopic (exact) mass is 402 g/mol. The molecule has 0 bridgehead atoms. The van der Waals surface area contributed by atoms with Crippen LogP contribution in [0.5, 0.6) is 0 Å². The van der Waals surface area contributed by atoms with Crippen LogP contribution in [-0.2, 0) is 6.54 Å². The van der Waals surface area contributed by atoms with Crippen LogP contribution in [0.15, 0.2) is 63.8 Å². The van der Waals surface area contributed by atoms with Crippen molar-refractivity contribution in [1.82, 2.24) is 19.9 Å². The minimum absolute atomic E-state index is 0.134. The topological polar surface area (TPSA) is 92.1 Å². The van der Waals surface area contributed by atoms with Gasteiger partial charge in [-0.2, -0.15) is 0 Å². The highest BCUT2D eigenvalue weighted by molar-refractivity contribution is 5.94. The van der Waals surface area contributed by atoms with E-state index in [1.165, 1.54) is 0 Å². The number of carbonyl (C=O) groups is 1. The first-order valence-electron chi connectivity index (χ1n) is 9.76. The average molecular weight is 402 g/mol. The van der Waals surface area contributed by atoms with Crippen molar-refractivity contribution in [3.8, 4) is 11.5 Å². The number of nitrogens with one attached hydrogen (secondary N) is 1. The van der Waals surface area contributed by atoms with Gasteiger partial charge in [0.15, 0.2) is 5.69 Å². The number of hydrogen-bond acceptors (Lipinski definition) is 5. The van der Waals surface area contributed by atoms with Crippen LogP contribution in [0.2, 0.25) is 0 Å². The van der Waals surface area contributed by atoms with Crippen LogP contribution >= 0.6 is 0 Å². The summed E-state index contributed by atoms with van der Waals surface area (Å²) in [5, 5.41) is 0.517. The molecule has 0 spiro atoms. The molecule has 2 aromatic carbocycles. The molecule has 0 aliphatic rings. The number of oxazole rings is 1. The Morgan fingerprint density at radius 3 is 2.50 bits per heavy atom. The molecule has 0 unspecified atom stereocenters. The van der Waals surface area contributed by atoms with Gasteiger partial charge in [-0.1, -0.05) is 30.3 Å². The molecule has 0 radical (unpaired) electrons. The lowest BCUT2D eigenvalue weighted by atomic mass is 10.2. The Balaban J connectivity index is 1.66. The summed E-state index contributed by atoms with van der Waals surface area (Å²) in [4.78, 5) is 39.0. The molecule has 7 heteroatoms. The van der Waals surface area contributed by atoms with Gasteiger partial charge in [-0.3, -0.25) is 9.59 Å². The first-order chi connectivity index (χ1) is 14.4. The van der Waals surface area contributed by atoms with E-state index in [1.54, 1.807) is 30.0 Å². The summed E-state index contributed by atoms with van der Waals surface area (Å²) in [6.45, 7) is 5.69. The summed E-state index contributed by atoms with van der Waals surface area (Å²) in [5.74, 6) is 0.997. The molecule has 0 saturated carbocycles. The molecule has 4 rings (SSSR count). The Kier molecular flexibility index (Phi) is 5.18. The molecule has 152 valence electrons. The molecule has 0 aliphatic carbocycles. The number of rotatable bonds is 5. The highest BCUT2D eigenvalue weighted by Crippen LogP contribution is 2.23. The van der Waals surface area contributed by atoms with Gasteiger partial charge in [-0.05, 0) is 45.0 Å². The smallest absolute Gasteiger partial charge is 0.276 e. The molecule has 7 nitrogen and oxygen atoms in total. The van der Waals surface area contributed by atoms with E-state index in [2.05, 4.69) is 15.0 Å². The number of benzene rings is 2. The fourth-order valence-electron chi connectivity index (χ4n) is 3.30. The molecule has 4 aromatic rings.